The Kier molecular flexibility index (Phi) is 5.04. The largest absolute Gasteiger partial charge is 0.394 e. The van der Waals surface area contributed by atoms with Gasteiger partial charge in [0, 0.05) is 13.1 Å². The molecule has 3 atom stereocenters. The quantitative estimate of drug-likeness (QED) is 0.803. The zero-order chi connectivity index (χ0) is 14.8. The van der Waals surface area contributed by atoms with Crippen molar-refractivity contribution in [1.82, 2.24) is 10.2 Å². The Morgan fingerprint density at radius 2 is 2.25 bits per heavy atom. The van der Waals surface area contributed by atoms with Gasteiger partial charge in [0.15, 0.2) is 0 Å². The number of aliphatic hydroxyl groups excluding tert-OH is 1. The van der Waals surface area contributed by atoms with Crippen molar-refractivity contribution in [3.63, 3.8) is 0 Å². The predicted molar refractivity (Wildman–Crippen MR) is 77.4 cm³/mol. The lowest BCUT2D eigenvalue weighted by Gasteiger charge is -2.44. The number of morpholine rings is 1. The summed E-state index contributed by atoms with van der Waals surface area (Å²) in [5.41, 5.74) is -0.389. The number of hydrogen-bond donors (Lipinski definition) is 2. The molecule has 1 amide bonds. The Morgan fingerprint density at radius 1 is 1.50 bits per heavy atom. The first-order chi connectivity index (χ1) is 9.45. The first-order valence-electron chi connectivity index (χ1n) is 7.76. The number of ether oxygens (including phenoxy) is 1. The highest BCUT2D eigenvalue weighted by molar-refractivity contribution is 5.82. The highest BCUT2D eigenvalue weighted by atomic mass is 16.5. The summed E-state index contributed by atoms with van der Waals surface area (Å²) >= 11 is 0. The molecule has 3 unspecified atom stereocenters. The monoisotopic (exact) mass is 284 g/mol. The molecule has 0 bridgehead atoms. The van der Waals surface area contributed by atoms with E-state index >= 15 is 0 Å². The lowest BCUT2D eigenvalue weighted by atomic mass is 9.89. The number of hydrogen-bond acceptors (Lipinski definition) is 4. The third-order valence-corrected chi connectivity index (χ3v) is 4.38. The average molecular weight is 284 g/mol. The van der Waals surface area contributed by atoms with Crippen molar-refractivity contribution in [2.75, 3.05) is 26.2 Å². The van der Waals surface area contributed by atoms with Crippen LogP contribution in [0.2, 0.25) is 0 Å². The van der Waals surface area contributed by atoms with Gasteiger partial charge in [-0.05, 0) is 39.2 Å². The number of amides is 1. The van der Waals surface area contributed by atoms with Gasteiger partial charge in [-0.2, -0.15) is 0 Å². The molecule has 0 saturated carbocycles. The lowest BCUT2D eigenvalue weighted by Crippen LogP contribution is -2.60. The predicted octanol–water partition coefficient (Wildman–Crippen LogP) is 0.763. The van der Waals surface area contributed by atoms with Crippen LogP contribution in [0.4, 0.5) is 0 Å². The first-order valence-corrected chi connectivity index (χ1v) is 7.76. The van der Waals surface area contributed by atoms with Crippen LogP contribution in [-0.4, -0.2) is 59.9 Å². The zero-order valence-electron chi connectivity index (χ0n) is 12.9. The third-order valence-electron chi connectivity index (χ3n) is 4.38. The minimum Gasteiger partial charge on any atom is -0.394 e. The summed E-state index contributed by atoms with van der Waals surface area (Å²) in [5, 5.41) is 12.7. The van der Waals surface area contributed by atoms with Crippen LogP contribution in [0.25, 0.3) is 0 Å². The number of aliphatic hydroxyl groups is 1. The maximum Gasteiger partial charge on any atom is 0.239 e. The van der Waals surface area contributed by atoms with Gasteiger partial charge in [0.25, 0.3) is 0 Å². The molecular weight excluding hydrogens is 256 g/mol. The number of carbonyl (C=O) groups is 1. The van der Waals surface area contributed by atoms with Crippen LogP contribution >= 0.6 is 0 Å². The van der Waals surface area contributed by atoms with Crippen LogP contribution < -0.4 is 5.32 Å². The molecular formula is C15H28N2O3. The molecule has 0 spiro atoms. The average Bonchev–Trinajstić information content (AvgIpc) is 2.44. The molecule has 5 nitrogen and oxygen atoms in total. The lowest BCUT2D eigenvalue weighted by molar-refractivity contribution is -0.169. The molecule has 0 aliphatic carbocycles. The highest BCUT2D eigenvalue weighted by Gasteiger charge is 2.38. The summed E-state index contributed by atoms with van der Waals surface area (Å²) in [4.78, 5) is 14.6. The third kappa shape index (κ3) is 3.71. The molecule has 2 aliphatic heterocycles. The van der Waals surface area contributed by atoms with E-state index in [-0.39, 0.29) is 30.3 Å². The van der Waals surface area contributed by atoms with E-state index in [4.69, 9.17) is 4.74 Å². The van der Waals surface area contributed by atoms with Crippen LogP contribution in [0.5, 0.6) is 0 Å². The van der Waals surface area contributed by atoms with Gasteiger partial charge in [0.1, 0.15) is 0 Å². The van der Waals surface area contributed by atoms with E-state index in [1.54, 1.807) is 0 Å². The van der Waals surface area contributed by atoms with Crippen molar-refractivity contribution in [3.8, 4) is 0 Å². The highest BCUT2D eigenvalue weighted by Crippen LogP contribution is 2.24. The minimum absolute atomic E-state index is 0.0388. The summed E-state index contributed by atoms with van der Waals surface area (Å²) < 4.78 is 5.77. The molecule has 2 fully saturated rings. The fourth-order valence-corrected chi connectivity index (χ4v) is 3.33. The molecule has 0 radical (unpaired) electrons. The van der Waals surface area contributed by atoms with Gasteiger partial charge >= 0.3 is 0 Å². The molecule has 0 aromatic rings. The Bertz CT molecular complexity index is 346. The van der Waals surface area contributed by atoms with Crippen molar-refractivity contribution in [2.45, 2.75) is 57.8 Å². The van der Waals surface area contributed by atoms with E-state index in [1.807, 2.05) is 18.7 Å². The molecule has 0 aromatic carbocycles. The maximum absolute atomic E-state index is 12.7. The summed E-state index contributed by atoms with van der Waals surface area (Å²) in [6.45, 7) is 8.10. The molecule has 2 aliphatic rings. The van der Waals surface area contributed by atoms with Crippen LogP contribution in [0.15, 0.2) is 0 Å². The number of nitrogens with one attached hydrogen (secondary N) is 1. The Hall–Kier alpha value is -0.650. The second kappa shape index (κ2) is 6.41. The number of nitrogens with zero attached hydrogens (tertiary/aromatic N) is 1. The maximum atomic E-state index is 12.7. The van der Waals surface area contributed by atoms with Crippen molar-refractivity contribution < 1.29 is 14.6 Å². The van der Waals surface area contributed by atoms with Crippen LogP contribution in [0, 0.1) is 5.92 Å². The zero-order valence-corrected chi connectivity index (χ0v) is 12.9. The molecule has 2 rings (SSSR count). The van der Waals surface area contributed by atoms with E-state index < -0.39 is 0 Å². The van der Waals surface area contributed by atoms with E-state index in [1.165, 1.54) is 0 Å². The summed E-state index contributed by atoms with van der Waals surface area (Å²) in [6.07, 6.45) is 2.96. The van der Waals surface area contributed by atoms with Gasteiger partial charge in [-0.15, -0.1) is 0 Å². The first kappa shape index (κ1) is 15.7. The molecule has 2 heterocycles. The fourth-order valence-electron chi connectivity index (χ4n) is 3.33. The van der Waals surface area contributed by atoms with Gasteiger partial charge in [0.2, 0.25) is 5.91 Å². The second-order valence-electron chi connectivity index (χ2n) is 6.71. The number of piperidine rings is 1. The van der Waals surface area contributed by atoms with Crippen LogP contribution in [0.1, 0.15) is 40.0 Å². The van der Waals surface area contributed by atoms with Crippen molar-refractivity contribution in [1.29, 1.82) is 0 Å². The number of carbonyl (C=O) groups excluding carboxylic acids is 1. The molecule has 5 heteroatoms. The van der Waals surface area contributed by atoms with Crippen LogP contribution in [0.3, 0.4) is 0 Å². The molecule has 2 saturated heterocycles. The van der Waals surface area contributed by atoms with Gasteiger partial charge < -0.3 is 20.1 Å². The summed E-state index contributed by atoms with van der Waals surface area (Å²) in [6, 6.07) is -0.0676. The van der Waals surface area contributed by atoms with E-state index in [9.17, 15) is 9.90 Å². The van der Waals surface area contributed by atoms with E-state index in [2.05, 4.69) is 12.2 Å². The fraction of sp³-hybridized carbons (Fsp3) is 0.933. The van der Waals surface area contributed by atoms with Gasteiger partial charge in [-0.25, -0.2) is 0 Å². The summed E-state index contributed by atoms with van der Waals surface area (Å²) in [5.74, 6) is 0.811. The Balaban J connectivity index is 2.00. The number of rotatable bonds is 3. The van der Waals surface area contributed by atoms with Gasteiger partial charge in [-0.1, -0.05) is 13.3 Å². The van der Waals surface area contributed by atoms with E-state index in [0.717, 1.165) is 25.8 Å². The summed E-state index contributed by atoms with van der Waals surface area (Å²) in [7, 11) is 0. The molecule has 2 N–H and O–H groups in total. The van der Waals surface area contributed by atoms with Crippen molar-refractivity contribution in [3.05, 3.63) is 0 Å². The van der Waals surface area contributed by atoms with Crippen molar-refractivity contribution in [2.24, 2.45) is 5.92 Å². The van der Waals surface area contributed by atoms with Crippen LogP contribution in [-0.2, 0) is 9.53 Å². The molecule has 0 aromatic heterocycles. The topological polar surface area (TPSA) is 61.8 Å². The van der Waals surface area contributed by atoms with Gasteiger partial charge in [-0.3, -0.25) is 4.79 Å². The molecule has 20 heavy (non-hydrogen) atoms. The second-order valence-corrected chi connectivity index (χ2v) is 6.71. The standard InChI is InChI=1S/C15H28N2O3/c1-4-11-5-6-16-13(7-11)14(19)17-8-12(9-18)20-15(2,3)10-17/h11-13,16,18H,4-10H2,1-3H3. The van der Waals surface area contributed by atoms with E-state index in [0.29, 0.717) is 19.0 Å². The van der Waals surface area contributed by atoms with Crippen molar-refractivity contribution >= 4 is 5.91 Å². The Morgan fingerprint density at radius 3 is 2.90 bits per heavy atom. The smallest absolute Gasteiger partial charge is 0.239 e. The minimum atomic E-state index is -0.389. The molecule has 116 valence electrons. The normalized spacial score (nSPS) is 34.0. The van der Waals surface area contributed by atoms with Gasteiger partial charge in [0.05, 0.1) is 24.4 Å². The SMILES string of the molecule is CCC1CCNC(C(=O)N2CC(CO)OC(C)(C)C2)C1. The Labute approximate surface area is 121 Å².